The fourth-order valence-electron chi connectivity index (χ4n) is 12.2. The van der Waals surface area contributed by atoms with Gasteiger partial charge < -0.3 is 18.5 Å². The summed E-state index contributed by atoms with van der Waals surface area (Å²) in [7, 11) is -1.16. The Labute approximate surface area is 496 Å². The van der Waals surface area contributed by atoms with Crippen LogP contribution >= 0.6 is 17.2 Å². The van der Waals surface area contributed by atoms with Gasteiger partial charge in [-0.2, -0.15) is 0 Å². The highest BCUT2D eigenvalue weighted by Crippen LogP contribution is 2.73. The summed E-state index contributed by atoms with van der Waals surface area (Å²) < 4.78 is 58.9. The first kappa shape index (κ1) is 56.6. The van der Waals surface area contributed by atoms with E-state index in [0.29, 0.717) is 34.1 Å². The predicted octanol–water partition coefficient (Wildman–Crippen LogP) is 19.0. The lowest BCUT2D eigenvalue weighted by Gasteiger charge is -2.43. The first-order chi connectivity index (χ1) is 40.8. The van der Waals surface area contributed by atoms with E-state index >= 15 is 0 Å². The van der Waals surface area contributed by atoms with Gasteiger partial charge in [0, 0.05) is 22.3 Å². The van der Waals surface area contributed by atoms with Gasteiger partial charge in [-0.1, -0.05) is 284 Å². The van der Waals surface area contributed by atoms with Crippen molar-refractivity contribution in [2.45, 2.75) is 74.8 Å². The standard InChI is InChI=1S/C74H68O8P2/c1-69(2,3)64-52-66(76-8)62(51-67(64)77-83-79-71(53-33-17-9-18-34-53,54-35-19-10-20-36-54)72(80-83,55-37-21-11-22-38-55)56-39-23-12-24-40-56)63-49-61(75-7)50-65(70(4,5)6)68(63)78-84-81-73(57-41-25-13-26-42-57,58-43-27-14-28-44-58)74(82-84,59-45-29-15-30-46-59)60-47-31-16-32-48-60/h9-52H,1-8H3. The van der Waals surface area contributed by atoms with Crippen molar-refractivity contribution < 1.29 is 36.6 Å². The number of methoxy groups -OCH3 is 2. The molecule has 0 aromatic heterocycles. The van der Waals surface area contributed by atoms with Crippen LogP contribution in [0.1, 0.15) is 97.2 Å². The molecule has 2 aliphatic heterocycles. The Morgan fingerprint density at radius 2 is 0.583 bits per heavy atom. The normalized spacial score (nSPS) is 16.4. The minimum Gasteiger partial charge on any atom is -0.497 e. The van der Waals surface area contributed by atoms with E-state index in [4.69, 9.17) is 36.6 Å². The van der Waals surface area contributed by atoms with Crippen LogP contribution in [0.3, 0.4) is 0 Å². The molecule has 0 N–H and O–H groups in total. The summed E-state index contributed by atoms with van der Waals surface area (Å²) in [5.41, 5.74) is 4.22. The van der Waals surface area contributed by atoms with Crippen molar-refractivity contribution >= 4 is 17.2 Å². The SMILES string of the molecule is COc1cc(-c2cc(OP3OC(c4ccccc4)(c4ccccc4)C(c4ccccc4)(c4ccccc4)O3)c(C(C)(C)C)cc2OC)c(OP2OC(c3ccccc3)(c3ccccc3)C(c3ccccc3)(c3ccccc3)O2)c(C(C)(C)C)c1. The lowest BCUT2D eigenvalue weighted by Crippen LogP contribution is -2.48. The Morgan fingerprint density at radius 1 is 0.298 bits per heavy atom. The van der Waals surface area contributed by atoms with Gasteiger partial charge in [-0.25, -0.2) is 0 Å². The minimum absolute atomic E-state index is 0.475. The van der Waals surface area contributed by atoms with Crippen molar-refractivity contribution in [1.29, 1.82) is 0 Å². The van der Waals surface area contributed by atoms with Crippen molar-refractivity contribution in [3.8, 4) is 34.1 Å². The molecule has 0 unspecified atom stereocenters. The minimum atomic E-state index is -2.29. The first-order valence-electron chi connectivity index (χ1n) is 28.4. The van der Waals surface area contributed by atoms with Crippen molar-refractivity contribution in [3.05, 3.63) is 323 Å². The summed E-state index contributed by atoms with van der Waals surface area (Å²) in [6.45, 7) is 13.0. The topological polar surface area (TPSA) is 73.8 Å². The third-order valence-electron chi connectivity index (χ3n) is 16.1. The number of benzene rings is 10. The zero-order valence-electron chi connectivity index (χ0n) is 48.6. The van der Waals surface area contributed by atoms with Gasteiger partial charge in [0.25, 0.3) is 0 Å². The third-order valence-corrected chi connectivity index (χ3v) is 18.5. The van der Waals surface area contributed by atoms with Crippen LogP contribution in [0, 0.1) is 0 Å². The molecule has 8 nitrogen and oxygen atoms in total. The molecule has 0 atom stereocenters. The molecule has 0 saturated carbocycles. The van der Waals surface area contributed by atoms with Crippen LogP contribution in [0.15, 0.2) is 267 Å². The van der Waals surface area contributed by atoms with E-state index in [9.17, 15) is 0 Å². The largest absolute Gasteiger partial charge is 0.497 e. The number of hydrogen-bond acceptors (Lipinski definition) is 8. The third kappa shape index (κ3) is 9.69. The maximum Gasteiger partial charge on any atom is 0.400 e. The Morgan fingerprint density at radius 3 is 0.845 bits per heavy atom. The van der Waals surface area contributed by atoms with E-state index in [0.717, 1.165) is 55.6 Å². The van der Waals surface area contributed by atoms with Crippen LogP contribution in [-0.2, 0) is 51.3 Å². The average molecular weight is 1150 g/mol. The van der Waals surface area contributed by atoms with Gasteiger partial charge in [-0.05, 0) is 79.6 Å². The molecular formula is C74H68O8P2. The molecule has 12 rings (SSSR count). The van der Waals surface area contributed by atoms with Gasteiger partial charge in [0.15, 0.2) is 22.4 Å². The van der Waals surface area contributed by atoms with E-state index in [1.165, 1.54) is 0 Å². The molecule has 0 amide bonds. The second-order valence-corrected chi connectivity index (χ2v) is 25.2. The molecule has 10 aromatic rings. The van der Waals surface area contributed by atoms with Gasteiger partial charge in [-0.3, -0.25) is 18.1 Å². The fourth-order valence-corrected chi connectivity index (χ4v) is 15.4. The van der Waals surface area contributed by atoms with Crippen molar-refractivity contribution in [2.75, 3.05) is 14.2 Å². The highest BCUT2D eigenvalue weighted by atomic mass is 31.2. The zero-order chi connectivity index (χ0) is 58.2. The molecule has 2 aliphatic rings. The number of rotatable bonds is 15. The molecule has 2 fully saturated rings. The van der Waals surface area contributed by atoms with E-state index in [-0.39, 0.29) is 0 Å². The molecule has 10 aromatic carbocycles. The molecule has 0 bridgehead atoms. The highest BCUT2D eigenvalue weighted by Gasteiger charge is 2.68. The smallest absolute Gasteiger partial charge is 0.400 e. The number of ether oxygens (including phenoxy) is 2. The molecule has 10 heteroatoms. The average Bonchev–Trinajstić information content (AvgIpc) is 1.51. The maximum atomic E-state index is 7.79. The summed E-state index contributed by atoms with van der Waals surface area (Å²) >= 11 is 0. The monoisotopic (exact) mass is 1150 g/mol. The van der Waals surface area contributed by atoms with E-state index < -0.39 is 50.4 Å². The second-order valence-electron chi connectivity index (χ2n) is 23.2. The van der Waals surface area contributed by atoms with Gasteiger partial charge >= 0.3 is 17.2 Å². The Bertz CT molecular complexity index is 3500. The van der Waals surface area contributed by atoms with Crippen LogP contribution in [0.5, 0.6) is 23.0 Å². The van der Waals surface area contributed by atoms with E-state index in [1.807, 2.05) is 164 Å². The Balaban J connectivity index is 1.07. The van der Waals surface area contributed by atoms with Crippen molar-refractivity contribution in [3.63, 3.8) is 0 Å². The van der Waals surface area contributed by atoms with Crippen LogP contribution in [0.2, 0.25) is 0 Å². The molecule has 422 valence electrons. The Kier molecular flexibility index (Phi) is 15.4. The van der Waals surface area contributed by atoms with Gasteiger partial charge in [-0.15, -0.1) is 0 Å². The first-order valence-corrected chi connectivity index (χ1v) is 30.6. The Hall–Kier alpha value is -7.90. The fraction of sp³-hybridized carbons (Fsp3) is 0.189. The van der Waals surface area contributed by atoms with E-state index in [1.54, 1.807) is 14.2 Å². The molecule has 2 heterocycles. The van der Waals surface area contributed by atoms with Crippen LogP contribution in [0.25, 0.3) is 11.1 Å². The molecule has 0 radical (unpaired) electrons. The zero-order valence-corrected chi connectivity index (χ0v) is 50.4. The number of hydrogen-bond donors (Lipinski definition) is 0. The lowest BCUT2D eigenvalue weighted by atomic mass is 9.66. The quantitative estimate of drug-likeness (QED) is 0.0940. The predicted molar refractivity (Wildman–Crippen MR) is 336 cm³/mol. The van der Waals surface area contributed by atoms with Gasteiger partial charge in [0.1, 0.15) is 23.0 Å². The molecule has 0 aliphatic carbocycles. The van der Waals surface area contributed by atoms with Crippen molar-refractivity contribution in [2.24, 2.45) is 0 Å². The molecule has 0 spiro atoms. The lowest BCUT2D eigenvalue weighted by molar-refractivity contribution is 0.00370. The van der Waals surface area contributed by atoms with E-state index in [2.05, 4.69) is 145 Å². The van der Waals surface area contributed by atoms with Crippen molar-refractivity contribution in [1.82, 2.24) is 0 Å². The van der Waals surface area contributed by atoms with Crippen LogP contribution in [-0.4, -0.2) is 14.2 Å². The summed E-state index contributed by atoms with van der Waals surface area (Å²) in [6.07, 6.45) is 0. The highest BCUT2D eigenvalue weighted by molar-refractivity contribution is 7.42. The summed E-state index contributed by atoms with van der Waals surface area (Å²) in [5.74, 6) is 2.29. The maximum absolute atomic E-state index is 7.79. The van der Waals surface area contributed by atoms with Gasteiger partial charge in [0.05, 0.1) is 14.2 Å². The van der Waals surface area contributed by atoms with Crippen LogP contribution in [0.4, 0.5) is 0 Å². The molecule has 2 saturated heterocycles. The summed E-state index contributed by atoms with van der Waals surface area (Å²) in [4.78, 5) is 0. The summed E-state index contributed by atoms with van der Waals surface area (Å²) in [6, 6.07) is 91.0. The molecular weight excluding hydrogens is 1080 g/mol. The molecule has 84 heavy (non-hydrogen) atoms. The second kappa shape index (κ2) is 22.9. The van der Waals surface area contributed by atoms with Gasteiger partial charge in [0.2, 0.25) is 0 Å². The van der Waals surface area contributed by atoms with Crippen LogP contribution < -0.4 is 18.5 Å². The summed E-state index contributed by atoms with van der Waals surface area (Å²) in [5, 5.41) is 0.